The average Bonchev–Trinajstić information content (AvgIpc) is 3.18. The molecule has 1 fully saturated rings. The molecule has 1 amide bonds. The van der Waals surface area contributed by atoms with E-state index in [1.807, 2.05) is 37.3 Å². The Balaban J connectivity index is 1.45. The highest BCUT2D eigenvalue weighted by Crippen LogP contribution is 2.34. The number of carbonyl (C=O) groups is 1. The molecule has 0 bridgehead atoms. The van der Waals surface area contributed by atoms with Gasteiger partial charge in [0.25, 0.3) is 5.91 Å². The molecule has 3 aromatic rings. The molecule has 176 valence electrons. The van der Waals surface area contributed by atoms with Crippen molar-refractivity contribution in [3.05, 3.63) is 94.1 Å². The van der Waals surface area contributed by atoms with Crippen LogP contribution in [0.15, 0.2) is 71.6 Å². The molecular formula is C27H27FN2O3S. The zero-order chi connectivity index (χ0) is 23.9. The highest BCUT2D eigenvalue weighted by molar-refractivity contribution is 8.05. The predicted molar refractivity (Wildman–Crippen MR) is 135 cm³/mol. The van der Waals surface area contributed by atoms with Gasteiger partial charge in [-0.2, -0.15) is 0 Å². The summed E-state index contributed by atoms with van der Waals surface area (Å²) in [5.41, 5.74) is 3.25. The van der Waals surface area contributed by atoms with Crippen LogP contribution in [0.1, 0.15) is 30.5 Å². The fraction of sp³-hybridized carbons (Fsp3) is 0.222. The Hall–Kier alpha value is -3.45. The van der Waals surface area contributed by atoms with Crippen LogP contribution in [0.5, 0.6) is 11.5 Å². The van der Waals surface area contributed by atoms with Crippen molar-refractivity contribution < 1.29 is 18.7 Å². The maximum absolute atomic E-state index is 13.9. The largest absolute Gasteiger partial charge is 0.490 e. The van der Waals surface area contributed by atoms with E-state index in [-0.39, 0.29) is 23.8 Å². The molecule has 3 aromatic carbocycles. The topological polar surface area (TPSA) is 59.6 Å². The molecule has 0 aromatic heterocycles. The second-order valence-corrected chi connectivity index (χ2v) is 8.84. The van der Waals surface area contributed by atoms with E-state index in [0.717, 1.165) is 17.7 Å². The molecule has 0 unspecified atom stereocenters. The Morgan fingerprint density at radius 1 is 1.03 bits per heavy atom. The maximum Gasteiger partial charge on any atom is 0.260 e. The number of carbonyl (C=O) groups excluding carboxylic acids is 1. The SMILES string of the molecule is CCOc1cc(/C=C2/S[C@@H](Nc3ccc(CC)cc3)NC2=O)ccc1OCc1ccccc1F. The molecule has 34 heavy (non-hydrogen) atoms. The number of halogens is 1. The van der Waals surface area contributed by atoms with Gasteiger partial charge in [-0.05, 0) is 60.9 Å². The molecule has 1 atom stereocenters. The van der Waals surface area contributed by atoms with E-state index in [0.29, 0.717) is 28.6 Å². The quantitative estimate of drug-likeness (QED) is 0.371. The van der Waals surface area contributed by atoms with Gasteiger partial charge in [0.05, 0.1) is 11.5 Å². The Morgan fingerprint density at radius 2 is 1.82 bits per heavy atom. The number of amides is 1. The first-order valence-corrected chi connectivity index (χ1v) is 12.1. The number of thioether (sulfide) groups is 1. The van der Waals surface area contributed by atoms with Crippen LogP contribution < -0.4 is 20.1 Å². The van der Waals surface area contributed by atoms with E-state index < -0.39 is 0 Å². The number of aryl methyl sites for hydroxylation is 1. The predicted octanol–water partition coefficient (Wildman–Crippen LogP) is 5.97. The Bertz CT molecular complexity index is 1180. The molecule has 7 heteroatoms. The number of rotatable bonds is 9. The van der Waals surface area contributed by atoms with Crippen molar-refractivity contribution in [3.63, 3.8) is 0 Å². The van der Waals surface area contributed by atoms with Crippen molar-refractivity contribution in [3.8, 4) is 11.5 Å². The standard InChI is InChI=1S/C27H27FN2O3S/c1-3-18-9-12-21(13-10-18)29-27-30-26(31)25(34-27)16-19-11-14-23(24(15-19)32-4-2)33-17-20-7-5-6-8-22(20)28/h5-16,27,29H,3-4,17H2,1-2H3,(H,30,31)/b25-16+/t27-/m0/s1. The molecular weight excluding hydrogens is 451 g/mol. The first kappa shape index (κ1) is 23.7. The van der Waals surface area contributed by atoms with Gasteiger partial charge in [-0.15, -0.1) is 0 Å². The third-order valence-corrected chi connectivity index (χ3v) is 6.33. The second kappa shape index (κ2) is 11.1. The number of hydrogen-bond donors (Lipinski definition) is 2. The van der Waals surface area contributed by atoms with Crippen molar-refractivity contribution >= 4 is 29.4 Å². The van der Waals surface area contributed by atoms with Gasteiger partial charge in [0.2, 0.25) is 0 Å². The first-order chi connectivity index (χ1) is 16.6. The van der Waals surface area contributed by atoms with Gasteiger partial charge >= 0.3 is 0 Å². The van der Waals surface area contributed by atoms with Crippen LogP contribution in [-0.4, -0.2) is 18.0 Å². The first-order valence-electron chi connectivity index (χ1n) is 11.2. The number of nitrogens with one attached hydrogen (secondary N) is 2. The molecule has 0 radical (unpaired) electrons. The van der Waals surface area contributed by atoms with E-state index in [1.54, 1.807) is 24.3 Å². The fourth-order valence-electron chi connectivity index (χ4n) is 3.48. The van der Waals surface area contributed by atoms with E-state index in [2.05, 4.69) is 29.7 Å². The number of benzene rings is 3. The van der Waals surface area contributed by atoms with E-state index in [9.17, 15) is 9.18 Å². The van der Waals surface area contributed by atoms with Crippen LogP contribution in [0.3, 0.4) is 0 Å². The van der Waals surface area contributed by atoms with Gasteiger partial charge in [-0.1, -0.05) is 55.1 Å². The summed E-state index contributed by atoms with van der Waals surface area (Å²) in [6.07, 6.45) is 2.81. The summed E-state index contributed by atoms with van der Waals surface area (Å²) in [6, 6.07) is 20.1. The van der Waals surface area contributed by atoms with Crippen LogP contribution in [-0.2, 0) is 17.8 Å². The van der Waals surface area contributed by atoms with Crippen LogP contribution in [0, 0.1) is 5.82 Å². The maximum atomic E-state index is 13.9. The Labute approximate surface area is 203 Å². The van der Waals surface area contributed by atoms with Gasteiger partial charge in [-0.25, -0.2) is 4.39 Å². The Kier molecular flexibility index (Phi) is 7.75. The van der Waals surface area contributed by atoms with Crippen molar-refractivity contribution in [1.29, 1.82) is 0 Å². The van der Waals surface area contributed by atoms with Gasteiger partial charge in [0.15, 0.2) is 17.0 Å². The summed E-state index contributed by atoms with van der Waals surface area (Å²) in [5, 5.41) is 6.28. The lowest BCUT2D eigenvalue weighted by Gasteiger charge is -2.13. The molecule has 2 N–H and O–H groups in total. The van der Waals surface area contributed by atoms with Crippen LogP contribution >= 0.6 is 11.8 Å². The lowest BCUT2D eigenvalue weighted by molar-refractivity contribution is -0.116. The highest BCUT2D eigenvalue weighted by Gasteiger charge is 2.27. The summed E-state index contributed by atoms with van der Waals surface area (Å²) in [7, 11) is 0. The number of hydrogen-bond acceptors (Lipinski definition) is 5. The van der Waals surface area contributed by atoms with Gasteiger partial charge in [-0.3, -0.25) is 4.79 Å². The van der Waals surface area contributed by atoms with Crippen LogP contribution in [0.2, 0.25) is 0 Å². The summed E-state index contributed by atoms with van der Waals surface area (Å²) >= 11 is 1.43. The normalized spacial score (nSPS) is 16.4. The fourth-order valence-corrected chi connectivity index (χ4v) is 4.46. The molecule has 1 aliphatic rings. The summed E-state index contributed by atoms with van der Waals surface area (Å²) in [4.78, 5) is 13.1. The van der Waals surface area contributed by atoms with E-state index in [1.165, 1.54) is 23.4 Å². The van der Waals surface area contributed by atoms with E-state index >= 15 is 0 Å². The van der Waals surface area contributed by atoms with Crippen LogP contribution in [0.25, 0.3) is 6.08 Å². The van der Waals surface area contributed by atoms with Crippen molar-refractivity contribution in [1.82, 2.24) is 5.32 Å². The van der Waals surface area contributed by atoms with Gasteiger partial charge in [0.1, 0.15) is 12.4 Å². The molecule has 0 aliphatic carbocycles. The third-order valence-electron chi connectivity index (χ3n) is 5.30. The zero-order valence-corrected chi connectivity index (χ0v) is 20.0. The van der Waals surface area contributed by atoms with Gasteiger partial charge < -0.3 is 20.1 Å². The smallest absolute Gasteiger partial charge is 0.260 e. The molecule has 1 heterocycles. The Morgan fingerprint density at radius 3 is 2.56 bits per heavy atom. The third kappa shape index (κ3) is 5.91. The molecule has 4 rings (SSSR count). The number of ether oxygens (including phenoxy) is 2. The lowest BCUT2D eigenvalue weighted by Crippen LogP contribution is -2.30. The van der Waals surface area contributed by atoms with Crippen molar-refractivity contribution in [2.75, 3.05) is 11.9 Å². The minimum absolute atomic E-state index is 0.0953. The second-order valence-electron chi connectivity index (χ2n) is 7.69. The molecule has 5 nitrogen and oxygen atoms in total. The summed E-state index contributed by atoms with van der Waals surface area (Å²) in [6.45, 7) is 4.55. The van der Waals surface area contributed by atoms with E-state index in [4.69, 9.17) is 9.47 Å². The minimum atomic E-state index is -0.310. The number of anilines is 1. The monoisotopic (exact) mass is 478 g/mol. The highest BCUT2D eigenvalue weighted by atomic mass is 32.2. The van der Waals surface area contributed by atoms with Crippen LogP contribution in [0.4, 0.5) is 10.1 Å². The molecule has 0 saturated carbocycles. The van der Waals surface area contributed by atoms with Crippen molar-refractivity contribution in [2.45, 2.75) is 32.4 Å². The average molecular weight is 479 g/mol. The molecule has 1 aliphatic heterocycles. The van der Waals surface area contributed by atoms with Crippen molar-refractivity contribution in [2.24, 2.45) is 0 Å². The summed E-state index contributed by atoms with van der Waals surface area (Å²) < 4.78 is 25.5. The minimum Gasteiger partial charge on any atom is -0.490 e. The molecule has 0 spiro atoms. The zero-order valence-electron chi connectivity index (χ0n) is 19.1. The lowest BCUT2D eigenvalue weighted by atomic mass is 10.1. The molecule has 1 saturated heterocycles. The summed E-state index contributed by atoms with van der Waals surface area (Å²) in [5.74, 6) is 0.620. The van der Waals surface area contributed by atoms with Gasteiger partial charge in [0, 0.05) is 11.3 Å².